The smallest absolute Gasteiger partial charge is 0.106 e. The Morgan fingerprint density at radius 3 is 2.36 bits per heavy atom. The third kappa shape index (κ3) is 1.90. The minimum atomic E-state index is 0.324. The van der Waals surface area contributed by atoms with Gasteiger partial charge >= 0.3 is 0 Å². The summed E-state index contributed by atoms with van der Waals surface area (Å²) in [7, 11) is 1.97. The van der Waals surface area contributed by atoms with Crippen LogP contribution < -0.4 is 5.32 Å². The third-order valence-electron chi connectivity index (χ3n) is 2.72. The quantitative estimate of drug-likeness (QED) is 0.743. The highest BCUT2D eigenvalue weighted by Crippen LogP contribution is 2.28. The second-order valence-electron chi connectivity index (χ2n) is 3.62. The van der Waals surface area contributed by atoms with E-state index in [1.54, 1.807) is 0 Å². The van der Waals surface area contributed by atoms with E-state index in [9.17, 15) is 0 Å². The maximum atomic E-state index is 5.60. The molecular formula is C12H19NO. The first-order valence-electron chi connectivity index (χ1n) is 4.96. The van der Waals surface area contributed by atoms with E-state index < -0.39 is 0 Å². The van der Waals surface area contributed by atoms with Gasteiger partial charge in [-0.25, -0.2) is 0 Å². The molecule has 0 aromatic carbocycles. The molecule has 1 heterocycles. The van der Waals surface area contributed by atoms with Crippen LogP contribution in [-0.2, 0) is 0 Å². The standard InChI is InChI=1S/C12H19NO/c1-6-7-11(13-5)12-8(2)9(3)14-10(12)4/h6,11,13H,1,7H2,2-5H3. The van der Waals surface area contributed by atoms with Crippen molar-refractivity contribution in [3.8, 4) is 0 Å². The number of hydrogen-bond donors (Lipinski definition) is 1. The molecule has 1 unspecified atom stereocenters. The van der Waals surface area contributed by atoms with E-state index in [0.29, 0.717) is 6.04 Å². The lowest BCUT2D eigenvalue weighted by atomic mass is 10.00. The zero-order chi connectivity index (χ0) is 10.7. The highest BCUT2D eigenvalue weighted by Gasteiger charge is 2.18. The predicted octanol–water partition coefficient (Wildman–Crippen LogP) is 3.04. The van der Waals surface area contributed by atoms with Crippen LogP contribution in [0.15, 0.2) is 17.1 Å². The maximum Gasteiger partial charge on any atom is 0.106 e. The van der Waals surface area contributed by atoms with Gasteiger partial charge in [0.05, 0.1) is 0 Å². The summed E-state index contributed by atoms with van der Waals surface area (Å²) < 4.78 is 5.60. The fourth-order valence-electron chi connectivity index (χ4n) is 1.87. The summed E-state index contributed by atoms with van der Waals surface area (Å²) >= 11 is 0. The molecule has 0 amide bonds. The molecule has 1 N–H and O–H groups in total. The molecule has 2 nitrogen and oxygen atoms in total. The molecule has 1 aromatic rings. The van der Waals surface area contributed by atoms with E-state index in [1.165, 1.54) is 11.1 Å². The molecule has 0 aliphatic rings. The SMILES string of the molecule is C=CCC(NC)c1c(C)oc(C)c1C. The van der Waals surface area contributed by atoms with E-state index in [-0.39, 0.29) is 0 Å². The van der Waals surface area contributed by atoms with Crippen LogP contribution in [0.2, 0.25) is 0 Å². The minimum Gasteiger partial charge on any atom is -0.466 e. The van der Waals surface area contributed by atoms with Crippen molar-refractivity contribution >= 4 is 0 Å². The van der Waals surface area contributed by atoms with Gasteiger partial charge in [-0.1, -0.05) is 6.08 Å². The van der Waals surface area contributed by atoms with Gasteiger partial charge < -0.3 is 9.73 Å². The van der Waals surface area contributed by atoms with Crippen molar-refractivity contribution in [2.75, 3.05) is 7.05 Å². The fourth-order valence-corrected chi connectivity index (χ4v) is 1.87. The first-order valence-corrected chi connectivity index (χ1v) is 4.96. The Hall–Kier alpha value is -1.02. The van der Waals surface area contributed by atoms with Crippen molar-refractivity contribution in [3.05, 3.63) is 35.3 Å². The van der Waals surface area contributed by atoms with Gasteiger partial charge in [0.15, 0.2) is 0 Å². The predicted molar refractivity (Wildman–Crippen MR) is 59.5 cm³/mol. The summed E-state index contributed by atoms with van der Waals surface area (Å²) in [6, 6.07) is 0.324. The van der Waals surface area contributed by atoms with E-state index >= 15 is 0 Å². The van der Waals surface area contributed by atoms with E-state index in [1.807, 2.05) is 27.0 Å². The molecule has 1 aromatic heterocycles. The number of aryl methyl sites for hydroxylation is 2. The van der Waals surface area contributed by atoms with E-state index in [2.05, 4.69) is 18.8 Å². The van der Waals surface area contributed by atoms with Crippen LogP contribution in [0.5, 0.6) is 0 Å². The Kier molecular flexibility index (Phi) is 3.53. The van der Waals surface area contributed by atoms with Crippen molar-refractivity contribution in [2.45, 2.75) is 33.2 Å². The van der Waals surface area contributed by atoms with Crippen molar-refractivity contribution in [2.24, 2.45) is 0 Å². The Labute approximate surface area is 86.0 Å². The Morgan fingerprint density at radius 2 is 2.00 bits per heavy atom. The zero-order valence-electron chi connectivity index (χ0n) is 9.48. The third-order valence-corrected chi connectivity index (χ3v) is 2.72. The molecule has 0 aliphatic heterocycles. The van der Waals surface area contributed by atoms with Crippen molar-refractivity contribution in [1.29, 1.82) is 0 Å². The lowest BCUT2D eigenvalue weighted by Crippen LogP contribution is -2.16. The summed E-state index contributed by atoms with van der Waals surface area (Å²) in [5.41, 5.74) is 2.54. The molecule has 1 atom stereocenters. The first kappa shape index (κ1) is 11.1. The zero-order valence-corrected chi connectivity index (χ0v) is 9.48. The molecule has 14 heavy (non-hydrogen) atoms. The van der Waals surface area contributed by atoms with Crippen molar-refractivity contribution < 1.29 is 4.42 Å². The second-order valence-corrected chi connectivity index (χ2v) is 3.62. The van der Waals surface area contributed by atoms with Gasteiger partial charge in [0, 0.05) is 11.6 Å². The van der Waals surface area contributed by atoms with Crippen molar-refractivity contribution in [1.82, 2.24) is 5.32 Å². The summed E-state index contributed by atoms with van der Waals surface area (Å²) in [4.78, 5) is 0. The number of hydrogen-bond acceptors (Lipinski definition) is 2. The van der Waals surface area contributed by atoms with Gasteiger partial charge in [0.25, 0.3) is 0 Å². The van der Waals surface area contributed by atoms with Gasteiger partial charge in [-0.15, -0.1) is 6.58 Å². The molecule has 0 saturated heterocycles. The maximum absolute atomic E-state index is 5.60. The van der Waals surface area contributed by atoms with Gasteiger partial charge in [-0.3, -0.25) is 0 Å². The van der Waals surface area contributed by atoms with Crippen LogP contribution in [0.25, 0.3) is 0 Å². The van der Waals surface area contributed by atoms with Gasteiger partial charge in [-0.2, -0.15) is 0 Å². The summed E-state index contributed by atoms with van der Waals surface area (Å²) in [6.07, 6.45) is 2.86. The molecule has 0 fully saturated rings. The molecule has 0 spiro atoms. The topological polar surface area (TPSA) is 25.2 Å². The van der Waals surface area contributed by atoms with Crippen LogP contribution >= 0.6 is 0 Å². The Bertz CT molecular complexity index is 325. The normalized spacial score (nSPS) is 12.9. The first-order chi connectivity index (χ1) is 6.61. The Balaban J connectivity index is 3.08. The average Bonchev–Trinajstić information content (AvgIpc) is 2.39. The summed E-state index contributed by atoms with van der Waals surface area (Å²) in [6.45, 7) is 9.90. The van der Waals surface area contributed by atoms with Crippen LogP contribution in [0.3, 0.4) is 0 Å². The lowest BCUT2D eigenvalue weighted by molar-refractivity contribution is 0.490. The van der Waals surface area contributed by atoms with Gasteiger partial charge in [-0.05, 0) is 39.8 Å². The van der Waals surface area contributed by atoms with Crippen molar-refractivity contribution in [3.63, 3.8) is 0 Å². The molecular weight excluding hydrogens is 174 g/mol. The summed E-state index contributed by atoms with van der Waals surface area (Å²) in [5.74, 6) is 2.03. The van der Waals surface area contributed by atoms with Crippen LogP contribution in [-0.4, -0.2) is 7.05 Å². The molecule has 78 valence electrons. The van der Waals surface area contributed by atoms with E-state index in [0.717, 1.165) is 17.9 Å². The molecule has 0 aliphatic carbocycles. The van der Waals surface area contributed by atoms with Crippen LogP contribution in [0.1, 0.15) is 35.1 Å². The highest BCUT2D eigenvalue weighted by molar-refractivity contribution is 5.34. The number of rotatable bonds is 4. The van der Waals surface area contributed by atoms with Gasteiger partial charge in [0.1, 0.15) is 11.5 Å². The van der Waals surface area contributed by atoms with Crippen LogP contribution in [0, 0.1) is 20.8 Å². The van der Waals surface area contributed by atoms with Gasteiger partial charge in [0.2, 0.25) is 0 Å². The highest BCUT2D eigenvalue weighted by atomic mass is 16.3. The monoisotopic (exact) mass is 193 g/mol. The average molecular weight is 193 g/mol. The number of nitrogens with one attached hydrogen (secondary N) is 1. The molecule has 0 radical (unpaired) electrons. The minimum absolute atomic E-state index is 0.324. The fraction of sp³-hybridized carbons (Fsp3) is 0.500. The second kappa shape index (κ2) is 4.47. The van der Waals surface area contributed by atoms with E-state index in [4.69, 9.17) is 4.42 Å². The summed E-state index contributed by atoms with van der Waals surface area (Å²) in [5, 5.41) is 3.28. The Morgan fingerprint density at radius 1 is 1.36 bits per heavy atom. The van der Waals surface area contributed by atoms with Crippen LogP contribution in [0.4, 0.5) is 0 Å². The molecule has 0 bridgehead atoms. The molecule has 0 saturated carbocycles. The molecule has 1 rings (SSSR count). The largest absolute Gasteiger partial charge is 0.466 e. The molecule has 2 heteroatoms. The number of furan rings is 1. The lowest BCUT2D eigenvalue weighted by Gasteiger charge is -2.14.